The standard InChI is InChI=1S/C14H14N4OS/c1-7-8-4-2-3-5-9(8)10-11-12(20-13(10)17-7)14(19)18(15)6-16-11/h6H,2-5,15H2,1H3. The van der Waals surface area contributed by atoms with Crippen LogP contribution in [-0.2, 0) is 12.8 Å². The molecule has 5 nitrogen and oxygen atoms in total. The topological polar surface area (TPSA) is 73.8 Å². The molecular formula is C14H14N4OS. The molecule has 6 heteroatoms. The smallest absolute Gasteiger partial charge is 0.289 e. The van der Waals surface area contributed by atoms with Crippen molar-refractivity contribution in [3.8, 4) is 0 Å². The molecule has 0 saturated heterocycles. The lowest BCUT2D eigenvalue weighted by molar-refractivity contribution is 0.683. The first kappa shape index (κ1) is 11.8. The molecule has 0 atom stereocenters. The van der Waals surface area contributed by atoms with Crippen LogP contribution in [0.4, 0.5) is 0 Å². The molecule has 0 radical (unpaired) electrons. The fourth-order valence-corrected chi connectivity index (χ4v) is 4.26. The van der Waals surface area contributed by atoms with Gasteiger partial charge in [-0.15, -0.1) is 11.3 Å². The van der Waals surface area contributed by atoms with Crippen molar-refractivity contribution >= 4 is 31.8 Å². The van der Waals surface area contributed by atoms with Gasteiger partial charge in [0.05, 0.1) is 5.52 Å². The summed E-state index contributed by atoms with van der Waals surface area (Å²) in [6.45, 7) is 2.06. The van der Waals surface area contributed by atoms with Gasteiger partial charge in [-0.1, -0.05) is 0 Å². The van der Waals surface area contributed by atoms with Crippen LogP contribution in [-0.4, -0.2) is 14.6 Å². The zero-order chi connectivity index (χ0) is 13.9. The monoisotopic (exact) mass is 286 g/mol. The van der Waals surface area contributed by atoms with E-state index in [1.165, 1.54) is 41.6 Å². The van der Waals surface area contributed by atoms with Gasteiger partial charge in [-0.25, -0.2) is 14.6 Å². The number of rotatable bonds is 0. The molecule has 0 aromatic carbocycles. The zero-order valence-corrected chi connectivity index (χ0v) is 12.0. The second kappa shape index (κ2) is 4.02. The van der Waals surface area contributed by atoms with Crippen LogP contribution in [0.2, 0.25) is 0 Å². The largest absolute Gasteiger partial charge is 0.335 e. The minimum absolute atomic E-state index is 0.194. The van der Waals surface area contributed by atoms with Crippen molar-refractivity contribution in [3.63, 3.8) is 0 Å². The maximum atomic E-state index is 12.1. The van der Waals surface area contributed by atoms with E-state index in [2.05, 4.69) is 16.9 Å². The van der Waals surface area contributed by atoms with Gasteiger partial charge >= 0.3 is 0 Å². The van der Waals surface area contributed by atoms with Crippen molar-refractivity contribution in [1.29, 1.82) is 0 Å². The van der Waals surface area contributed by atoms with Crippen LogP contribution in [0.1, 0.15) is 29.7 Å². The molecule has 1 aliphatic rings. The van der Waals surface area contributed by atoms with Gasteiger partial charge in [0, 0.05) is 11.1 Å². The summed E-state index contributed by atoms with van der Waals surface area (Å²) in [5.74, 6) is 5.60. The number of hydrogen-bond acceptors (Lipinski definition) is 5. The van der Waals surface area contributed by atoms with Gasteiger partial charge in [0.25, 0.3) is 5.56 Å². The van der Waals surface area contributed by atoms with Crippen LogP contribution in [0.25, 0.3) is 20.4 Å². The average molecular weight is 286 g/mol. The summed E-state index contributed by atoms with van der Waals surface area (Å²) in [5.41, 5.74) is 4.35. The van der Waals surface area contributed by atoms with Crippen LogP contribution in [0, 0.1) is 6.92 Å². The number of aromatic nitrogens is 3. The van der Waals surface area contributed by atoms with Crippen molar-refractivity contribution in [2.24, 2.45) is 0 Å². The minimum atomic E-state index is -0.194. The van der Waals surface area contributed by atoms with E-state index >= 15 is 0 Å². The Bertz CT molecular complexity index is 909. The number of nitrogen functional groups attached to an aromatic ring is 1. The lowest BCUT2D eigenvalue weighted by Gasteiger charge is -2.18. The molecule has 0 aliphatic heterocycles. The van der Waals surface area contributed by atoms with Crippen molar-refractivity contribution in [3.05, 3.63) is 33.5 Å². The Morgan fingerprint density at radius 2 is 2.05 bits per heavy atom. The van der Waals surface area contributed by atoms with Crippen molar-refractivity contribution < 1.29 is 0 Å². The van der Waals surface area contributed by atoms with E-state index in [0.717, 1.165) is 38.9 Å². The molecular weight excluding hydrogens is 272 g/mol. The summed E-state index contributed by atoms with van der Waals surface area (Å²) in [5, 5.41) is 1.07. The summed E-state index contributed by atoms with van der Waals surface area (Å²) in [6, 6.07) is 0. The van der Waals surface area contributed by atoms with Gasteiger partial charge in [-0.05, 0) is 43.7 Å². The number of nitrogens with zero attached hydrogens (tertiary/aromatic N) is 3. The first-order valence-corrected chi connectivity index (χ1v) is 7.55. The molecule has 0 unspecified atom stereocenters. The molecule has 0 fully saturated rings. The molecule has 20 heavy (non-hydrogen) atoms. The van der Waals surface area contributed by atoms with Crippen LogP contribution < -0.4 is 11.4 Å². The van der Waals surface area contributed by atoms with E-state index in [0.29, 0.717) is 4.70 Å². The highest BCUT2D eigenvalue weighted by Crippen LogP contribution is 2.37. The van der Waals surface area contributed by atoms with Crippen LogP contribution in [0.5, 0.6) is 0 Å². The SMILES string of the molecule is Cc1nc2sc3c(=O)n(N)cnc3c2c2c1CCCC2. The highest BCUT2D eigenvalue weighted by atomic mass is 32.1. The van der Waals surface area contributed by atoms with E-state index in [1.807, 2.05) is 0 Å². The van der Waals surface area contributed by atoms with Crippen molar-refractivity contribution in [2.45, 2.75) is 32.6 Å². The quantitative estimate of drug-likeness (QED) is 0.641. The third kappa shape index (κ3) is 1.45. The molecule has 3 aromatic heterocycles. The number of thiophene rings is 1. The minimum Gasteiger partial charge on any atom is -0.335 e. The second-order valence-electron chi connectivity index (χ2n) is 5.28. The van der Waals surface area contributed by atoms with Crippen molar-refractivity contribution in [2.75, 3.05) is 5.84 Å². The highest BCUT2D eigenvalue weighted by molar-refractivity contribution is 7.25. The van der Waals surface area contributed by atoms with Gasteiger partial charge in [-0.2, -0.15) is 0 Å². The van der Waals surface area contributed by atoms with Crippen molar-refractivity contribution in [1.82, 2.24) is 14.6 Å². The van der Waals surface area contributed by atoms with E-state index in [-0.39, 0.29) is 5.56 Å². The van der Waals surface area contributed by atoms with E-state index in [9.17, 15) is 4.79 Å². The summed E-state index contributed by atoms with van der Waals surface area (Å²) < 4.78 is 1.65. The van der Waals surface area contributed by atoms with Gasteiger partial charge in [0.1, 0.15) is 15.9 Å². The van der Waals surface area contributed by atoms with Gasteiger partial charge < -0.3 is 5.84 Å². The highest BCUT2D eigenvalue weighted by Gasteiger charge is 2.21. The first-order valence-electron chi connectivity index (χ1n) is 6.74. The lowest BCUT2D eigenvalue weighted by atomic mass is 9.89. The number of aryl methyl sites for hydroxylation is 2. The third-order valence-electron chi connectivity index (χ3n) is 4.08. The maximum absolute atomic E-state index is 12.1. The van der Waals surface area contributed by atoms with Crippen LogP contribution in [0.15, 0.2) is 11.1 Å². The summed E-state index contributed by atoms with van der Waals surface area (Å²) >= 11 is 1.40. The van der Waals surface area contributed by atoms with Gasteiger partial charge in [-0.3, -0.25) is 4.79 Å². The van der Waals surface area contributed by atoms with E-state index in [1.54, 1.807) is 0 Å². The number of pyridine rings is 1. The summed E-state index contributed by atoms with van der Waals surface area (Å²) in [4.78, 5) is 22.1. The van der Waals surface area contributed by atoms with Gasteiger partial charge in [0.2, 0.25) is 0 Å². The average Bonchev–Trinajstić information content (AvgIpc) is 2.82. The fourth-order valence-electron chi connectivity index (χ4n) is 3.12. The third-order valence-corrected chi connectivity index (χ3v) is 5.14. The number of fused-ring (bicyclic) bond motifs is 5. The molecule has 4 rings (SSSR count). The summed E-state index contributed by atoms with van der Waals surface area (Å²) in [7, 11) is 0. The molecule has 3 heterocycles. The second-order valence-corrected chi connectivity index (χ2v) is 6.28. The zero-order valence-electron chi connectivity index (χ0n) is 11.1. The molecule has 0 spiro atoms. The Hall–Kier alpha value is -1.95. The predicted octanol–water partition coefficient (Wildman–Crippen LogP) is 1.91. The summed E-state index contributed by atoms with van der Waals surface area (Å²) in [6.07, 6.45) is 5.93. The van der Waals surface area contributed by atoms with Gasteiger partial charge in [0.15, 0.2) is 0 Å². The normalized spacial score (nSPS) is 14.8. The Balaban J connectivity index is 2.24. The Labute approximate surface area is 119 Å². The molecule has 0 saturated carbocycles. The molecule has 1 aliphatic carbocycles. The maximum Gasteiger partial charge on any atom is 0.289 e. The van der Waals surface area contributed by atoms with Crippen LogP contribution >= 0.6 is 11.3 Å². The predicted molar refractivity (Wildman–Crippen MR) is 80.7 cm³/mol. The molecule has 102 valence electrons. The molecule has 2 N–H and O–H groups in total. The fraction of sp³-hybridized carbons (Fsp3) is 0.357. The number of nitrogens with two attached hydrogens (primary N) is 1. The Morgan fingerprint density at radius 1 is 1.30 bits per heavy atom. The Kier molecular flexibility index (Phi) is 2.38. The first-order chi connectivity index (χ1) is 9.66. The van der Waals surface area contributed by atoms with E-state index in [4.69, 9.17) is 5.84 Å². The number of hydrogen-bond donors (Lipinski definition) is 1. The Morgan fingerprint density at radius 3 is 2.85 bits per heavy atom. The molecule has 3 aromatic rings. The lowest BCUT2D eigenvalue weighted by Crippen LogP contribution is -2.26. The van der Waals surface area contributed by atoms with E-state index < -0.39 is 0 Å². The molecule has 0 bridgehead atoms. The molecule has 0 amide bonds. The van der Waals surface area contributed by atoms with Crippen LogP contribution in [0.3, 0.4) is 0 Å².